The van der Waals surface area contributed by atoms with E-state index in [1.165, 1.54) is 17.2 Å². The summed E-state index contributed by atoms with van der Waals surface area (Å²) in [7, 11) is 0. The van der Waals surface area contributed by atoms with Crippen LogP contribution in [0.25, 0.3) is 11.2 Å². The molecule has 12 heteroatoms. The van der Waals surface area contributed by atoms with E-state index in [4.69, 9.17) is 16.2 Å². The minimum Gasteiger partial charge on any atom is -0.548 e. The number of fused-ring (bicyclic) bond motifs is 1. The van der Waals surface area contributed by atoms with E-state index in [1.54, 1.807) is 6.92 Å². The Morgan fingerprint density at radius 3 is 2.85 bits per heavy atom. The molecule has 1 aliphatic heterocycles. The number of aromatic nitrogens is 4. The third kappa shape index (κ3) is 3.84. The van der Waals surface area contributed by atoms with Gasteiger partial charge < -0.3 is 36.3 Å². The second-order valence-corrected chi connectivity index (χ2v) is 8.04. The van der Waals surface area contributed by atoms with Crippen LogP contribution in [0.2, 0.25) is 0 Å². The van der Waals surface area contributed by atoms with Gasteiger partial charge in [-0.2, -0.15) is 0 Å². The fourth-order valence-corrected chi connectivity index (χ4v) is 4.13. The van der Waals surface area contributed by atoms with Gasteiger partial charge in [0.25, 0.3) is 0 Å². The van der Waals surface area contributed by atoms with Crippen LogP contribution in [0.3, 0.4) is 0 Å². The molecule has 0 aliphatic carbocycles. The highest BCUT2D eigenvalue weighted by atomic mass is 32.2. The van der Waals surface area contributed by atoms with Gasteiger partial charge in [-0.3, -0.25) is 4.57 Å². The fraction of sp³-hybridized carbons (Fsp3) is 0.600. The van der Waals surface area contributed by atoms with Crippen LogP contribution in [-0.2, 0) is 21.3 Å². The summed E-state index contributed by atoms with van der Waals surface area (Å²) in [4.78, 5) is 22.9. The van der Waals surface area contributed by atoms with Crippen molar-refractivity contribution in [2.75, 3.05) is 11.5 Å². The van der Waals surface area contributed by atoms with Gasteiger partial charge in [-0.25, -0.2) is 15.0 Å². The van der Waals surface area contributed by atoms with E-state index in [-0.39, 0.29) is 11.1 Å². The number of thiol groups is 1. The Balaban J connectivity index is 1.65. The summed E-state index contributed by atoms with van der Waals surface area (Å²) in [5.41, 5.74) is 12.1. The smallest absolute Gasteiger partial charge is 0.167 e. The first-order chi connectivity index (χ1) is 12.8. The van der Waals surface area contributed by atoms with Crippen LogP contribution >= 0.6 is 0 Å². The van der Waals surface area contributed by atoms with Crippen molar-refractivity contribution in [1.29, 1.82) is 0 Å². The van der Waals surface area contributed by atoms with Crippen molar-refractivity contribution >= 4 is 34.7 Å². The van der Waals surface area contributed by atoms with Gasteiger partial charge in [0.1, 0.15) is 35.1 Å². The van der Waals surface area contributed by atoms with E-state index in [1.807, 2.05) is 0 Å². The standard InChI is InChI=1S/C15H22N6O5S/c1-6(8(16)15(24)25)27-3-2-7-10(22)11(23)14(26-7)21-5-20-9-12(17)18-4-19-13(9)21/h4-8,10-11,14,22-23H,2-3,16H2,1H3,(H,24,25)(H2,17,18,19)/t6?,7-,8-,10-,11-,14-/m1/s1. The van der Waals surface area contributed by atoms with Gasteiger partial charge in [-0.05, 0) is 18.7 Å². The molecule has 6 atom stereocenters. The van der Waals surface area contributed by atoms with E-state index < -0.39 is 36.6 Å². The van der Waals surface area contributed by atoms with Gasteiger partial charge in [0.05, 0.1) is 24.4 Å². The van der Waals surface area contributed by atoms with E-state index in [0.717, 1.165) is 11.8 Å². The van der Waals surface area contributed by atoms with Crippen LogP contribution in [0.1, 0.15) is 19.6 Å². The third-order valence-corrected chi connectivity index (χ3v) is 6.03. The number of nitrogen functional groups attached to an aromatic ring is 1. The molecule has 0 amide bonds. The van der Waals surface area contributed by atoms with Crippen LogP contribution < -0.4 is 16.6 Å². The lowest BCUT2D eigenvalue weighted by Gasteiger charge is -2.17. The van der Waals surface area contributed by atoms with Crippen molar-refractivity contribution in [3.8, 4) is 0 Å². The number of aliphatic hydroxyl groups excluding tert-OH is 2. The molecule has 0 saturated carbocycles. The molecule has 1 saturated heterocycles. The Hall–Kier alpha value is -1.99. The highest BCUT2D eigenvalue weighted by molar-refractivity contribution is 7.79. The Bertz CT molecular complexity index is 819. The Labute approximate surface area is 158 Å². The maximum atomic E-state index is 10.8. The number of hydrogen-bond acceptors (Lipinski definition) is 10. The number of nitrogens with zero attached hydrogens (tertiary/aromatic N) is 4. The number of hydrogen-bond donors (Lipinski definition) is 4. The predicted molar refractivity (Wildman–Crippen MR) is 96.3 cm³/mol. The number of aliphatic carboxylic acids is 1. The number of imidazole rings is 1. The van der Waals surface area contributed by atoms with E-state index in [9.17, 15) is 20.1 Å². The van der Waals surface area contributed by atoms with Crippen molar-refractivity contribution in [1.82, 2.24) is 19.5 Å². The molecule has 148 valence electrons. The summed E-state index contributed by atoms with van der Waals surface area (Å²) in [5.74, 6) is -0.542. The number of ether oxygens (including phenoxy) is 1. The molecule has 2 aromatic heterocycles. The molecule has 0 bridgehead atoms. The minimum absolute atomic E-state index is 0.209. The molecule has 1 fully saturated rings. The third-order valence-electron chi connectivity index (χ3n) is 4.62. The first kappa shape index (κ1) is 19.8. The molecule has 0 spiro atoms. The van der Waals surface area contributed by atoms with Crippen molar-refractivity contribution in [2.24, 2.45) is 5.73 Å². The first-order valence-corrected chi connectivity index (χ1v) is 9.53. The van der Waals surface area contributed by atoms with Gasteiger partial charge >= 0.3 is 0 Å². The van der Waals surface area contributed by atoms with Gasteiger partial charge in [-0.1, -0.05) is 0 Å². The molecule has 3 heterocycles. The molecular formula is C15H22N6O5S. The molecule has 27 heavy (non-hydrogen) atoms. The maximum Gasteiger partial charge on any atom is 0.167 e. The number of carbonyl (C=O) groups is 1. The fourth-order valence-electron chi connectivity index (χ4n) is 2.97. The van der Waals surface area contributed by atoms with Gasteiger partial charge in [0, 0.05) is 6.42 Å². The summed E-state index contributed by atoms with van der Waals surface area (Å²) in [6.45, 7) is 1.72. The van der Waals surface area contributed by atoms with Gasteiger partial charge in [0.15, 0.2) is 17.7 Å². The van der Waals surface area contributed by atoms with E-state index in [2.05, 4.69) is 15.0 Å². The Kier molecular flexibility index (Phi) is 5.81. The highest BCUT2D eigenvalue weighted by Gasteiger charge is 2.44. The number of carbonyl (C=O) groups excluding carboxylic acids is 1. The lowest BCUT2D eigenvalue weighted by molar-refractivity contribution is -0.307. The number of aliphatic hydroxyl groups is 2. The van der Waals surface area contributed by atoms with Crippen molar-refractivity contribution in [3.63, 3.8) is 0 Å². The topological polar surface area (TPSA) is 185 Å². The predicted octanol–water partition coefficient (Wildman–Crippen LogP) is -3.30. The van der Waals surface area contributed by atoms with Crippen LogP contribution in [0.5, 0.6) is 0 Å². The van der Waals surface area contributed by atoms with E-state index in [0.29, 0.717) is 23.3 Å². The highest BCUT2D eigenvalue weighted by Crippen LogP contribution is 2.33. The van der Waals surface area contributed by atoms with Crippen LogP contribution in [-0.4, -0.2) is 71.1 Å². The van der Waals surface area contributed by atoms with Crippen LogP contribution in [0.15, 0.2) is 12.7 Å². The lowest BCUT2D eigenvalue weighted by Crippen LogP contribution is -2.49. The summed E-state index contributed by atoms with van der Waals surface area (Å²) in [5, 5.41) is 31.2. The quantitative estimate of drug-likeness (QED) is 0.272. The largest absolute Gasteiger partial charge is 0.548 e. The van der Waals surface area contributed by atoms with Crippen molar-refractivity contribution < 1.29 is 24.9 Å². The monoisotopic (exact) mass is 398 g/mol. The number of anilines is 1. The second kappa shape index (κ2) is 7.94. The van der Waals surface area contributed by atoms with Crippen LogP contribution in [0, 0.1) is 0 Å². The zero-order valence-electron chi connectivity index (χ0n) is 14.5. The van der Waals surface area contributed by atoms with Crippen LogP contribution in [0.4, 0.5) is 5.82 Å². The molecular weight excluding hydrogens is 376 g/mol. The zero-order valence-corrected chi connectivity index (χ0v) is 15.4. The molecule has 2 aromatic rings. The van der Waals surface area contributed by atoms with Crippen molar-refractivity contribution in [3.05, 3.63) is 12.7 Å². The summed E-state index contributed by atoms with van der Waals surface area (Å²) < 4.78 is 7.33. The average molecular weight is 398 g/mol. The maximum absolute atomic E-state index is 10.8. The molecule has 3 rings (SSSR count). The number of carboxylic acid groups (broad SMARTS) is 1. The Morgan fingerprint density at radius 2 is 2.15 bits per heavy atom. The normalized spacial score (nSPS) is 27.7. The molecule has 11 nitrogen and oxygen atoms in total. The first-order valence-electron chi connectivity index (χ1n) is 8.39. The molecule has 0 aromatic carbocycles. The zero-order chi connectivity index (χ0) is 19.7. The van der Waals surface area contributed by atoms with E-state index >= 15 is 0 Å². The molecule has 0 radical (unpaired) electrons. The minimum atomic E-state index is -1.30. The number of nitrogens with two attached hydrogens (primary N) is 2. The second-order valence-electron chi connectivity index (χ2n) is 6.41. The van der Waals surface area contributed by atoms with Crippen molar-refractivity contribution in [2.45, 2.75) is 49.2 Å². The summed E-state index contributed by atoms with van der Waals surface area (Å²) in [6, 6.07) is -1.05. The molecule has 6 N–H and O–H groups in total. The SMILES string of the molecule is CC([SH+]CC[C@H]1O[C@@H](n2cnc3c(N)ncnc32)[C@H](O)[C@@H]1O)[C@@H](N)C(=O)[O-]. The summed E-state index contributed by atoms with van der Waals surface area (Å²) >= 11 is 0.796. The van der Waals surface area contributed by atoms with Gasteiger partial charge in [-0.15, -0.1) is 0 Å². The Morgan fingerprint density at radius 1 is 1.41 bits per heavy atom. The average Bonchev–Trinajstić information content (AvgIpc) is 3.18. The molecule has 1 unspecified atom stereocenters. The number of carboxylic acids is 1. The van der Waals surface area contributed by atoms with Gasteiger partial charge in [0.2, 0.25) is 0 Å². The lowest BCUT2D eigenvalue weighted by atomic mass is 10.1. The summed E-state index contributed by atoms with van der Waals surface area (Å²) in [6.07, 6.45) is -0.645. The molecule has 1 aliphatic rings. The number of rotatable bonds is 7.